The van der Waals surface area contributed by atoms with Crippen molar-refractivity contribution >= 4 is 11.4 Å². The van der Waals surface area contributed by atoms with Crippen molar-refractivity contribution < 1.29 is 5.11 Å². The van der Waals surface area contributed by atoms with Crippen LogP contribution in [0.15, 0.2) is 18.2 Å². The Hall–Kier alpha value is -1.22. The molecule has 0 aromatic heterocycles. The van der Waals surface area contributed by atoms with E-state index in [4.69, 9.17) is 5.73 Å². The van der Waals surface area contributed by atoms with Crippen LogP contribution in [0.25, 0.3) is 0 Å². The van der Waals surface area contributed by atoms with Crippen molar-refractivity contribution in [3.8, 4) is 0 Å². The molecule has 0 spiro atoms. The zero-order valence-corrected chi connectivity index (χ0v) is 9.74. The Morgan fingerprint density at radius 2 is 2.06 bits per heavy atom. The van der Waals surface area contributed by atoms with E-state index in [-0.39, 0.29) is 12.1 Å². The maximum Gasteiger partial charge on any atom is 0.0741 e. The van der Waals surface area contributed by atoms with Crippen LogP contribution in [-0.2, 0) is 0 Å². The summed E-state index contributed by atoms with van der Waals surface area (Å²) in [6.45, 7) is 2.01. The van der Waals surface area contributed by atoms with Gasteiger partial charge in [0.15, 0.2) is 0 Å². The van der Waals surface area contributed by atoms with Crippen LogP contribution in [0.2, 0.25) is 0 Å². The SMILES string of the molecule is Cc1c(N)cccc1NC1CCCCC1O. The molecule has 1 aromatic carbocycles. The highest BCUT2D eigenvalue weighted by atomic mass is 16.3. The smallest absolute Gasteiger partial charge is 0.0741 e. The third kappa shape index (κ3) is 2.30. The Morgan fingerprint density at radius 3 is 2.81 bits per heavy atom. The molecule has 3 nitrogen and oxygen atoms in total. The van der Waals surface area contributed by atoms with Gasteiger partial charge in [-0.05, 0) is 37.5 Å². The van der Waals surface area contributed by atoms with Gasteiger partial charge in [0.25, 0.3) is 0 Å². The third-order valence-corrected chi connectivity index (χ3v) is 3.45. The minimum absolute atomic E-state index is 0.175. The van der Waals surface area contributed by atoms with E-state index in [1.165, 1.54) is 6.42 Å². The summed E-state index contributed by atoms with van der Waals surface area (Å²) in [4.78, 5) is 0. The Morgan fingerprint density at radius 1 is 1.31 bits per heavy atom. The van der Waals surface area contributed by atoms with Gasteiger partial charge in [-0.15, -0.1) is 0 Å². The summed E-state index contributed by atoms with van der Waals surface area (Å²) in [5, 5.41) is 13.3. The lowest BCUT2D eigenvalue weighted by Gasteiger charge is -2.30. The lowest BCUT2D eigenvalue weighted by Crippen LogP contribution is -2.36. The average molecular weight is 220 g/mol. The fourth-order valence-corrected chi connectivity index (χ4v) is 2.29. The van der Waals surface area contributed by atoms with Crippen LogP contribution in [-0.4, -0.2) is 17.3 Å². The highest BCUT2D eigenvalue weighted by Crippen LogP contribution is 2.26. The number of nitrogen functional groups attached to an aromatic ring is 1. The monoisotopic (exact) mass is 220 g/mol. The molecule has 4 N–H and O–H groups in total. The fraction of sp³-hybridized carbons (Fsp3) is 0.538. The van der Waals surface area contributed by atoms with Gasteiger partial charge in [0.1, 0.15) is 0 Å². The van der Waals surface area contributed by atoms with Crippen LogP contribution < -0.4 is 11.1 Å². The van der Waals surface area contributed by atoms with Gasteiger partial charge in [-0.2, -0.15) is 0 Å². The van der Waals surface area contributed by atoms with Crippen LogP contribution in [0.5, 0.6) is 0 Å². The molecule has 1 aliphatic carbocycles. The van der Waals surface area contributed by atoms with Crippen LogP contribution in [0.1, 0.15) is 31.2 Å². The predicted octanol–water partition coefficient (Wildman–Crippen LogP) is 2.29. The molecule has 1 fully saturated rings. The molecule has 0 heterocycles. The molecule has 0 amide bonds. The first-order valence-electron chi connectivity index (χ1n) is 5.98. The number of aliphatic hydroxyl groups excluding tert-OH is 1. The highest BCUT2D eigenvalue weighted by Gasteiger charge is 2.23. The number of rotatable bonds is 2. The molecule has 1 saturated carbocycles. The summed E-state index contributed by atoms with van der Waals surface area (Å²) in [7, 11) is 0. The van der Waals surface area contributed by atoms with E-state index >= 15 is 0 Å². The van der Waals surface area contributed by atoms with Crippen molar-refractivity contribution in [3.63, 3.8) is 0 Å². The fourth-order valence-electron chi connectivity index (χ4n) is 2.29. The minimum Gasteiger partial charge on any atom is -0.398 e. The van der Waals surface area contributed by atoms with E-state index in [0.717, 1.165) is 36.2 Å². The highest BCUT2D eigenvalue weighted by molar-refractivity contribution is 5.63. The molecular weight excluding hydrogens is 200 g/mol. The summed E-state index contributed by atoms with van der Waals surface area (Å²) in [5.41, 5.74) is 8.78. The zero-order chi connectivity index (χ0) is 11.5. The second-order valence-electron chi connectivity index (χ2n) is 4.62. The van der Waals surface area contributed by atoms with Gasteiger partial charge in [0.05, 0.1) is 12.1 Å². The predicted molar refractivity (Wildman–Crippen MR) is 67.5 cm³/mol. The number of anilines is 2. The molecule has 0 saturated heterocycles. The maximum absolute atomic E-state index is 9.90. The number of nitrogens with two attached hydrogens (primary N) is 1. The van der Waals surface area contributed by atoms with Gasteiger partial charge in [0, 0.05) is 11.4 Å². The van der Waals surface area contributed by atoms with Crippen LogP contribution in [0, 0.1) is 6.92 Å². The van der Waals surface area contributed by atoms with Crippen LogP contribution in [0.3, 0.4) is 0 Å². The van der Waals surface area contributed by atoms with Crippen molar-refractivity contribution in [2.24, 2.45) is 0 Å². The summed E-state index contributed by atoms with van der Waals surface area (Å²) in [5.74, 6) is 0. The number of hydrogen-bond acceptors (Lipinski definition) is 3. The number of hydrogen-bond donors (Lipinski definition) is 3. The van der Waals surface area contributed by atoms with E-state index in [1.54, 1.807) is 0 Å². The molecule has 2 atom stereocenters. The van der Waals surface area contributed by atoms with E-state index in [9.17, 15) is 5.11 Å². The van der Waals surface area contributed by atoms with Gasteiger partial charge in [0.2, 0.25) is 0 Å². The molecule has 0 aliphatic heterocycles. The maximum atomic E-state index is 9.90. The quantitative estimate of drug-likeness (QED) is 0.670. The Kier molecular flexibility index (Phi) is 3.34. The second kappa shape index (κ2) is 4.74. The van der Waals surface area contributed by atoms with Crippen molar-refractivity contribution in [1.29, 1.82) is 0 Å². The van der Waals surface area contributed by atoms with Gasteiger partial charge in [-0.3, -0.25) is 0 Å². The molecule has 1 aromatic rings. The molecule has 2 rings (SSSR count). The third-order valence-electron chi connectivity index (χ3n) is 3.45. The molecule has 2 unspecified atom stereocenters. The van der Waals surface area contributed by atoms with E-state index in [1.807, 2.05) is 25.1 Å². The topological polar surface area (TPSA) is 58.3 Å². The lowest BCUT2D eigenvalue weighted by atomic mass is 9.92. The first-order chi connectivity index (χ1) is 7.68. The van der Waals surface area contributed by atoms with E-state index < -0.39 is 0 Å². The van der Waals surface area contributed by atoms with E-state index in [2.05, 4.69) is 5.32 Å². The summed E-state index contributed by atoms with van der Waals surface area (Å²) in [6.07, 6.45) is 4.04. The van der Waals surface area contributed by atoms with Gasteiger partial charge < -0.3 is 16.2 Å². The molecule has 3 heteroatoms. The number of benzene rings is 1. The van der Waals surface area contributed by atoms with Gasteiger partial charge >= 0.3 is 0 Å². The molecule has 16 heavy (non-hydrogen) atoms. The van der Waals surface area contributed by atoms with Crippen molar-refractivity contribution in [2.75, 3.05) is 11.1 Å². The minimum atomic E-state index is -0.227. The molecule has 88 valence electrons. The number of aliphatic hydroxyl groups is 1. The van der Waals surface area contributed by atoms with Gasteiger partial charge in [-0.1, -0.05) is 18.9 Å². The normalized spacial score (nSPS) is 25.4. The van der Waals surface area contributed by atoms with Crippen molar-refractivity contribution in [2.45, 2.75) is 44.8 Å². The first kappa shape index (κ1) is 11.3. The van der Waals surface area contributed by atoms with Crippen LogP contribution in [0.4, 0.5) is 11.4 Å². The Bertz CT molecular complexity index is 365. The van der Waals surface area contributed by atoms with Crippen molar-refractivity contribution in [1.82, 2.24) is 0 Å². The summed E-state index contributed by atoms with van der Waals surface area (Å²) < 4.78 is 0. The van der Waals surface area contributed by atoms with Crippen molar-refractivity contribution in [3.05, 3.63) is 23.8 Å². The van der Waals surface area contributed by atoms with Gasteiger partial charge in [-0.25, -0.2) is 0 Å². The zero-order valence-electron chi connectivity index (χ0n) is 9.74. The van der Waals surface area contributed by atoms with E-state index in [0.29, 0.717) is 0 Å². The average Bonchev–Trinajstić information content (AvgIpc) is 2.28. The second-order valence-corrected chi connectivity index (χ2v) is 4.62. The molecule has 0 bridgehead atoms. The first-order valence-corrected chi connectivity index (χ1v) is 5.98. The summed E-state index contributed by atoms with van der Waals surface area (Å²) in [6, 6.07) is 6.04. The van der Waals surface area contributed by atoms with Crippen LogP contribution >= 0.6 is 0 Å². The summed E-state index contributed by atoms with van der Waals surface area (Å²) >= 11 is 0. The number of nitrogens with one attached hydrogen (secondary N) is 1. The molecular formula is C13H20N2O. The molecule has 1 aliphatic rings. The molecule has 0 radical (unpaired) electrons. The Labute approximate surface area is 96.7 Å². The largest absolute Gasteiger partial charge is 0.398 e. The Balaban J connectivity index is 2.10. The lowest BCUT2D eigenvalue weighted by molar-refractivity contribution is 0.116. The standard InChI is InChI=1S/C13H20N2O/c1-9-10(14)5-4-7-11(9)15-12-6-2-3-8-13(12)16/h4-5,7,12-13,15-16H,2-3,6,8,14H2,1H3.